The molecule has 146 valence electrons. The van der Waals surface area contributed by atoms with Crippen molar-refractivity contribution in [2.45, 2.75) is 11.9 Å². The summed E-state index contributed by atoms with van der Waals surface area (Å²) in [6.07, 6.45) is -1.33. The third-order valence-corrected chi connectivity index (χ3v) is 4.71. The Kier molecular flexibility index (Phi) is 3.80. The third kappa shape index (κ3) is 4.15. The summed E-state index contributed by atoms with van der Waals surface area (Å²) in [5.74, 6) is -4.02. The Hall–Kier alpha value is -3.33. The quantitative estimate of drug-likeness (QED) is 0.567. The molecular formula is C19H17NO7S. The molecule has 0 bridgehead atoms. The topological polar surface area (TPSA) is 122 Å². The smallest absolute Gasteiger partial charge is 0.337 e. The van der Waals surface area contributed by atoms with Crippen LogP contribution >= 0.6 is 0 Å². The predicted molar refractivity (Wildman–Crippen MR) is 98.0 cm³/mol. The van der Waals surface area contributed by atoms with Gasteiger partial charge in [0.1, 0.15) is 5.75 Å². The maximum absolute atomic E-state index is 12.7. The summed E-state index contributed by atoms with van der Waals surface area (Å²) in [6.45, 7) is 0. The number of ether oxygens (including phenoxy) is 2. The number of benzene rings is 2. The van der Waals surface area contributed by atoms with Gasteiger partial charge in [0, 0.05) is 5.56 Å². The third-order valence-electron chi connectivity index (χ3n) is 3.65. The van der Waals surface area contributed by atoms with Gasteiger partial charge in [0.05, 0.1) is 19.5 Å². The molecule has 0 radical (unpaired) electrons. The Bertz CT molecular complexity index is 1260. The molecule has 1 aliphatic heterocycles. The van der Waals surface area contributed by atoms with Gasteiger partial charge in [-0.1, -0.05) is 42.3 Å². The van der Waals surface area contributed by atoms with Crippen LogP contribution in [0, 0.1) is 0 Å². The van der Waals surface area contributed by atoms with E-state index in [0.717, 1.165) is 0 Å². The highest BCUT2D eigenvalue weighted by Gasteiger charge is 2.39. The first kappa shape index (κ1) is 13.8. The molecule has 0 aromatic heterocycles. The van der Waals surface area contributed by atoms with Crippen molar-refractivity contribution >= 4 is 21.9 Å². The van der Waals surface area contributed by atoms with E-state index < -0.39 is 81.1 Å². The van der Waals surface area contributed by atoms with Crippen molar-refractivity contribution < 1.29 is 38.5 Å². The molecule has 1 aliphatic rings. The first-order chi connectivity index (χ1) is 15.4. The molecule has 1 unspecified atom stereocenters. The minimum Gasteiger partial charge on any atom is -0.465 e. The molecule has 0 aliphatic carbocycles. The lowest BCUT2D eigenvalue weighted by atomic mass is 10.0. The monoisotopic (exact) mass is 408 g/mol. The average molecular weight is 408 g/mol. The van der Waals surface area contributed by atoms with Crippen LogP contribution in [0.25, 0.3) is 0 Å². The number of hydrogen-bond acceptors (Lipinski definition) is 8. The number of nitrogens with two attached hydrogens (primary N) is 1. The van der Waals surface area contributed by atoms with Crippen LogP contribution in [0.5, 0.6) is 0 Å². The van der Waals surface area contributed by atoms with Crippen molar-refractivity contribution in [3.8, 4) is 0 Å². The Balaban J connectivity index is 1.83. The minimum atomic E-state index is -4.67. The van der Waals surface area contributed by atoms with Crippen LogP contribution in [0.1, 0.15) is 34.4 Å². The van der Waals surface area contributed by atoms with Crippen molar-refractivity contribution in [3.05, 3.63) is 82.8 Å². The molecule has 1 heterocycles. The van der Waals surface area contributed by atoms with Gasteiger partial charge in [-0.2, -0.15) is 8.42 Å². The number of rotatable bonds is 6. The van der Waals surface area contributed by atoms with Gasteiger partial charge in [0.15, 0.2) is 6.10 Å². The Labute approximate surface area is 168 Å². The number of Topliss-reactive ketones (excluding diaryl/α,β-unsaturated/α-hetero) is 1. The van der Waals surface area contributed by atoms with Crippen molar-refractivity contribution in [1.29, 1.82) is 0 Å². The van der Waals surface area contributed by atoms with E-state index in [1.54, 1.807) is 0 Å². The summed E-state index contributed by atoms with van der Waals surface area (Å²) in [6, 6.07) is 2.01. The van der Waals surface area contributed by atoms with E-state index in [9.17, 15) is 18.0 Å². The zero-order valence-electron chi connectivity index (χ0n) is 19.4. The first-order valence-electron chi connectivity index (χ1n) is 10.2. The molecule has 2 aromatic rings. The molecule has 0 fully saturated rings. The lowest BCUT2D eigenvalue weighted by Crippen LogP contribution is -2.16. The van der Waals surface area contributed by atoms with E-state index >= 15 is 0 Å². The molecule has 28 heavy (non-hydrogen) atoms. The first-order valence-corrected chi connectivity index (χ1v) is 9.32. The summed E-state index contributed by atoms with van der Waals surface area (Å²) in [7, 11) is -3.46. The Morgan fingerprint density at radius 1 is 1.21 bits per heavy atom. The van der Waals surface area contributed by atoms with E-state index in [1.807, 2.05) is 0 Å². The van der Waals surface area contributed by atoms with Gasteiger partial charge in [0.25, 0.3) is 0 Å². The van der Waals surface area contributed by atoms with Crippen LogP contribution < -0.4 is 5.73 Å². The molecule has 2 N–H and O–H groups in total. The molecule has 0 saturated carbocycles. The molecule has 9 heteroatoms. The fourth-order valence-corrected chi connectivity index (χ4v) is 3.34. The summed E-state index contributed by atoms with van der Waals surface area (Å²) in [5, 5.41) is 0. The van der Waals surface area contributed by atoms with Gasteiger partial charge in [-0.3, -0.25) is 4.79 Å². The van der Waals surface area contributed by atoms with Gasteiger partial charge < -0.3 is 19.4 Å². The van der Waals surface area contributed by atoms with Crippen LogP contribution in [-0.2, 0) is 34.3 Å². The van der Waals surface area contributed by atoms with Crippen LogP contribution in [0.4, 0.5) is 0 Å². The van der Waals surface area contributed by atoms with E-state index in [0.29, 0.717) is 0 Å². The number of methoxy groups -OCH3 is 1. The minimum absolute atomic E-state index is 0.213. The van der Waals surface area contributed by atoms with Gasteiger partial charge in [-0.15, -0.1) is 0 Å². The van der Waals surface area contributed by atoms with E-state index in [2.05, 4.69) is 4.74 Å². The van der Waals surface area contributed by atoms with Gasteiger partial charge in [-0.25, -0.2) is 4.79 Å². The lowest BCUT2D eigenvalue weighted by Gasteiger charge is -2.10. The Morgan fingerprint density at radius 2 is 1.86 bits per heavy atom. The molecule has 8 nitrogen and oxygen atoms in total. The second-order valence-electron chi connectivity index (χ2n) is 5.56. The molecule has 0 saturated heterocycles. The molecule has 1 atom stereocenters. The molecule has 3 rings (SSSR count). The van der Waals surface area contributed by atoms with Crippen LogP contribution in [0.3, 0.4) is 0 Å². The number of esters is 1. The van der Waals surface area contributed by atoms with Crippen molar-refractivity contribution in [2.75, 3.05) is 7.11 Å². The standard InChI is InChI=1S/C19H17NO7S/c1-25-19(22)14-9-7-13(8-10-14)16-15(21)17(18(20)26-16)27-28(23,24)11-12-5-3-2-4-6-12/h2-10,16H,11,20H2,1H3/i2D,3D,4D,5D,6D. The highest BCUT2D eigenvalue weighted by Crippen LogP contribution is 2.32. The van der Waals surface area contributed by atoms with E-state index in [4.69, 9.17) is 21.5 Å². The summed E-state index contributed by atoms with van der Waals surface area (Å²) >= 11 is 0. The molecule has 2 aromatic carbocycles. The number of carbonyl (C=O) groups excluding carboxylic acids is 2. The van der Waals surface area contributed by atoms with Gasteiger partial charge >= 0.3 is 16.1 Å². The lowest BCUT2D eigenvalue weighted by molar-refractivity contribution is -0.123. The zero-order chi connectivity index (χ0) is 24.7. The molecule has 0 amide bonds. The van der Waals surface area contributed by atoms with Gasteiger partial charge in [-0.05, 0) is 17.7 Å². The molecular weight excluding hydrogens is 386 g/mol. The normalized spacial score (nSPS) is 19.1. The van der Waals surface area contributed by atoms with Crippen molar-refractivity contribution in [3.63, 3.8) is 0 Å². The fraction of sp³-hybridized carbons (Fsp3) is 0.158. The Morgan fingerprint density at radius 3 is 2.46 bits per heavy atom. The SMILES string of the molecule is [2H]c1c([2H])c([2H])c(CS(=O)(=O)OC2=C(N)OC(c3ccc(C(=O)OC)cc3)C2=O)c([2H])c1[2H]. The van der Waals surface area contributed by atoms with Crippen molar-refractivity contribution in [2.24, 2.45) is 5.73 Å². The maximum atomic E-state index is 12.7. The van der Waals surface area contributed by atoms with Gasteiger partial charge in [0.2, 0.25) is 17.4 Å². The molecule has 0 spiro atoms. The van der Waals surface area contributed by atoms with Crippen LogP contribution in [0.2, 0.25) is 0 Å². The fourth-order valence-electron chi connectivity index (χ4n) is 2.37. The zero-order valence-corrected chi connectivity index (χ0v) is 15.3. The summed E-state index contributed by atoms with van der Waals surface area (Å²) in [5.41, 5.74) is 5.59. The predicted octanol–water partition coefficient (Wildman–Crippen LogP) is 1.79. The summed E-state index contributed by atoms with van der Waals surface area (Å²) < 4.78 is 78.2. The van der Waals surface area contributed by atoms with E-state index in [-0.39, 0.29) is 11.1 Å². The van der Waals surface area contributed by atoms with E-state index in [1.165, 1.54) is 31.4 Å². The van der Waals surface area contributed by atoms with Crippen LogP contribution in [0.15, 0.2) is 66.1 Å². The highest BCUT2D eigenvalue weighted by atomic mass is 32.2. The average Bonchev–Trinajstić information content (AvgIpc) is 3.06. The number of ketones is 1. The maximum Gasteiger partial charge on any atom is 0.337 e. The summed E-state index contributed by atoms with van der Waals surface area (Å²) in [4.78, 5) is 24.2. The highest BCUT2D eigenvalue weighted by molar-refractivity contribution is 7.86. The van der Waals surface area contributed by atoms with Crippen molar-refractivity contribution in [1.82, 2.24) is 0 Å². The van der Waals surface area contributed by atoms with Crippen LogP contribution in [-0.4, -0.2) is 27.3 Å². The number of hydrogen-bond donors (Lipinski definition) is 1. The number of carbonyl (C=O) groups is 2. The second-order valence-corrected chi connectivity index (χ2v) is 7.13. The second kappa shape index (κ2) is 7.73. The largest absolute Gasteiger partial charge is 0.465 e.